The van der Waals surface area contributed by atoms with E-state index in [1.807, 2.05) is 0 Å². The fourth-order valence-corrected chi connectivity index (χ4v) is 5.99. The summed E-state index contributed by atoms with van der Waals surface area (Å²) in [7, 11) is 0. The minimum Gasteiger partial charge on any atom is -0.462 e. The summed E-state index contributed by atoms with van der Waals surface area (Å²) in [6.07, 6.45) is 3.66. The molecule has 208 valence electrons. The molecule has 0 radical (unpaired) electrons. The molecule has 2 aromatic carbocycles. The molecule has 1 heterocycles. The molecule has 1 aliphatic rings. The number of nitrogens with zero attached hydrogens (tertiary/aromatic N) is 1. The summed E-state index contributed by atoms with van der Waals surface area (Å²) in [5.41, 5.74) is 4.00. The molecule has 0 spiro atoms. The molecule has 0 fully saturated rings. The van der Waals surface area contributed by atoms with E-state index in [1.54, 1.807) is 37.3 Å². The van der Waals surface area contributed by atoms with Crippen LogP contribution >= 0.6 is 38.9 Å². The van der Waals surface area contributed by atoms with Crippen LogP contribution in [0.1, 0.15) is 57.0 Å². The Morgan fingerprint density at radius 1 is 1.12 bits per heavy atom. The van der Waals surface area contributed by atoms with Gasteiger partial charge in [-0.05, 0) is 80.1 Å². The SMILES string of the molecule is CCOC(=O)c1c(NC(=O)C(=O)N/N=C/c2cc(Br)ccc2OC(=O)c2ccc(Cl)cc2)sc2c1CCC(C)C2. The Hall–Kier alpha value is -3.54. The number of halogens is 2. The fraction of sp³-hybridized carbons (Fsp3) is 0.250. The number of benzene rings is 2. The van der Waals surface area contributed by atoms with Crippen LogP contribution in [-0.4, -0.2) is 36.6 Å². The average molecular weight is 647 g/mol. The second-order valence-corrected chi connectivity index (χ2v) is 11.5. The zero-order valence-electron chi connectivity index (χ0n) is 21.6. The van der Waals surface area contributed by atoms with Gasteiger partial charge in [0.2, 0.25) is 0 Å². The lowest BCUT2D eigenvalue weighted by atomic mass is 9.88. The third kappa shape index (κ3) is 7.15. The van der Waals surface area contributed by atoms with Gasteiger partial charge in [0, 0.05) is 19.9 Å². The predicted molar refractivity (Wildman–Crippen MR) is 156 cm³/mol. The maximum absolute atomic E-state index is 12.7. The number of carbonyl (C=O) groups is 4. The van der Waals surface area contributed by atoms with Gasteiger partial charge < -0.3 is 14.8 Å². The van der Waals surface area contributed by atoms with Crippen LogP contribution in [0, 0.1) is 5.92 Å². The van der Waals surface area contributed by atoms with Gasteiger partial charge in [-0.2, -0.15) is 5.10 Å². The van der Waals surface area contributed by atoms with Gasteiger partial charge in [-0.3, -0.25) is 9.59 Å². The van der Waals surface area contributed by atoms with Crippen LogP contribution in [-0.2, 0) is 27.2 Å². The second kappa shape index (κ2) is 13.2. The first-order chi connectivity index (χ1) is 19.2. The van der Waals surface area contributed by atoms with Crippen LogP contribution in [0.25, 0.3) is 0 Å². The zero-order valence-corrected chi connectivity index (χ0v) is 24.7. The van der Waals surface area contributed by atoms with Gasteiger partial charge in [0.15, 0.2) is 0 Å². The van der Waals surface area contributed by atoms with E-state index in [-0.39, 0.29) is 17.4 Å². The Kier molecular flexibility index (Phi) is 9.72. The number of rotatable bonds is 7. The van der Waals surface area contributed by atoms with Crippen molar-refractivity contribution in [3.8, 4) is 5.75 Å². The molecule has 2 N–H and O–H groups in total. The number of esters is 2. The minimum absolute atomic E-state index is 0.183. The molecule has 0 bridgehead atoms. The lowest BCUT2D eigenvalue weighted by Crippen LogP contribution is -2.32. The molecule has 3 aromatic rings. The highest BCUT2D eigenvalue weighted by Crippen LogP contribution is 2.40. The van der Waals surface area contributed by atoms with Crippen molar-refractivity contribution in [2.75, 3.05) is 11.9 Å². The van der Waals surface area contributed by atoms with E-state index in [1.165, 1.54) is 29.7 Å². The molecule has 9 nitrogen and oxygen atoms in total. The van der Waals surface area contributed by atoms with E-state index in [2.05, 4.69) is 38.7 Å². The van der Waals surface area contributed by atoms with Crippen molar-refractivity contribution in [3.63, 3.8) is 0 Å². The van der Waals surface area contributed by atoms with Gasteiger partial charge in [0.1, 0.15) is 10.8 Å². The summed E-state index contributed by atoms with van der Waals surface area (Å²) >= 11 is 10.5. The number of ether oxygens (including phenoxy) is 2. The Bertz CT molecular complexity index is 1490. The van der Waals surface area contributed by atoms with Gasteiger partial charge in [0.25, 0.3) is 0 Å². The molecular formula is C28H25BrClN3O6S. The third-order valence-corrected chi connectivity index (χ3v) is 7.96. The average Bonchev–Trinajstić information content (AvgIpc) is 3.27. The molecule has 1 aliphatic carbocycles. The first kappa shape index (κ1) is 29.4. The molecule has 40 heavy (non-hydrogen) atoms. The molecule has 0 aliphatic heterocycles. The van der Waals surface area contributed by atoms with E-state index >= 15 is 0 Å². The maximum Gasteiger partial charge on any atom is 0.343 e. The summed E-state index contributed by atoms with van der Waals surface area (Å²) in [6.45, 7) is 4.03. The Morgan fingerprint density at radius 2 is 1.88 bits per heavy atom. The standard InChI is InChI=1S/C28H25BrClN3O6S/c1-3-38-28(37)23-20-10-4-15(2)12-22(20)40-26(23)32-24(34)25(35)33-31-14-17-13-18(29)7-11-21(17)39-27(36)16-5-8-19(30)9-6-16/h5-9,11,13-15H,3-4,10,12H2,1-2H3,(H,32,34)(H,33,35)/b31-14+. The Morgan fingerprint density at radius 3 is 2.60 bits per heavy atom. The number of hydrogen-bond acceptors (Lipinski definition) is 8. The molecule has 1 unspecified atom stereocenters. The van der Waals surface area contributed by atoms with Crippen molar-refractivity contribution < 1.29 is 28.7 Å². The monoisotopic (exact) mass is 645 g/mol. The van der Waals surface area contributed by atoms with Crippen molar-refractivity contribution >= 4 is 73.8 Å². The van der Waals surface area contributed by atoms with Crippen molar-refractivity contribution in [2.24, 2.45) is 11.0 Å². The molecule has 4 rings (SSSR count). The van der Waals surface area contributed by atoms with Gasteiger partial charge in [-0.1, -0.05) is 34.5 Å². The maximum atomic E-state index is 12.7. The van der Waals surface area contributed by atoms with Crippen LogP contribution in [0.2, 0.25) is 5.02 Å². The van der Waals surface area contributed by atoms with Gasteiger partial charge in [0.05, 0.1) is 23.9 Å². The summed E-state index contributed by atoms with van der Waals surface area (Å²) in [4.78, 5) is 51.4. The van der Waals surface area contributed by atoms with Crippen LogP contribution < -0.4 is 15.5 Å². The van der Waals surface area contributed by atoms with Gasteiger partial charge >= 0.3 is 23.8 Å². The quantitative estimate of drug-likeness (QED) is 0.110. The molecular weight excluding hydrogens is 622 g/mol. The van der Waals surface area contributed by atoms with E-state index in [4.69, 9.17) is 21.1 Å². The van der Waals surface area contributed by atoms with Crippen LogP contribution in [0.5, 0.6) is 5.75 Å². The highest BCUT2D eigenvalue weighted by Gasteiger charge is 2.30. The summed E-state index contributed by atoms with van der Waals surface area (Å²) in [5, 5.41) is 7.17. The van der Waals surface area contributed by atoms with Crippen molar-refractivity contribution in [1.29, 1.82) is 0 Å². The minimum atomic E-state index is -1.04. The van der Waals surface area contributed by atoms with E-state index in [0.29, 0.717) is 38.5 Å². The van der Waals surface area contributed by atoms with Crippen molar-refractivity contribution in [1.82, 2.24) is 5.43 Å². The highest BCUT2D eigenvalue weighted by atomic mass is 79.9. The summed E-state index contributed by atoms with van der Waals surface area (Å²) in [5.74, 6) is -2.53. The summed E-state index contributed by atoms with van der Waals surface area (Å²) < 4.78 is 11.4. The number of thiophene rings is 1. The van der Waals surface area contributed by atoms with Gasteiger partial charge in [-0.25, -0.2) is 15.0 Å². The topological polar surface area (TPSA) is 123 Å². The smallest absolute Gasteiger partial charge is 0.343 e. The Labute approximate surface area is 248 Å². The number of amides is 2. The zero-order chi connectivity index (χ0) is 28.8. The number of anilines is 1. The third-order valence-electron chi connectivity index (χ3n) is 6.05. The number of hydrogen-bond donors (Lipinski definition) is 2. The van der Waals surface area contributed by atoms with E-state index < -0.39 is 23.8 Å². The predicted octanol–water partition coefficient (Wildman–Crippen LogP) is 5.77. The van der Waals surface area contributed by atoms with Crippen molar-refractivity contribution in [3.05, 3.63) is 79.1 Å². The molecule has 0 saturated heterocycles. The molecule has 12 heteroatoms. The normalized spacial score (nSPS) is 14.3. The first-order valence-corrected chi connectivity index (χ1v) is 14.4. The highest BCUT2D eigenvalue weighted by molar-refractivity contribution is 9.10. The molecule has 0 saturated carbocycles. The van der Waals surface area contributed by atoms with E-state index in [9.17, 15) is 19.2 Å². The van der Waals surface area contributed by atoms with Crippen LogP contribution in [0.3, 0.4) is 0 Å². The summed E-state index contributed by atoms with van der Waals surface area (Å²) in [6, 6.07) is 11.1. The lowest BCUT2D eigenvalue weighted by Gasteiger charge is -2.18. The Balaban J connectivity index is 1.45. The van der Waals surface area contributed by atoms with Gasteiger partial charge in [-0.15, -0.1) is 11.3 Å². The fourth-order valence-electron chi connectivity index (χ4n) is 4.09. The second-order valence-electron chi connectivity index (χ2n) is 9.01. The number of carbonyl (C=O) groups excluding carboxylic acids is 4. The molecule has 2 amide bonds. The number of hydrazone groups is 1. The molecule has 1 aromatic heterocycles. The number of nitrogens with one attached hydrogen (secondary N) is 2. The van der Waals surface area contributed by atoms with E-state index in [0.717, 1.165) is 23.3 Å². The first-order valence-electron chi connectivity index (χ1n) is 12.4. The van der Waals surface area contributed by atoms with Crippen molar-refractivity contribution in [2.45, 2.75) is 33.1 Å². The lowest BCUT2D eigenvalue weighted by molar-refractivity contribution is -0.136. The van der Waals surface area contributed by atoms with Crippen LogP contribution in [0.15, 0.2) is 52.0 Å². The number of fused-ring (bicyclic) bond motifs is 1. The molecule has 1 atom stereocenters. The van der Waals surface area contributed by atoms with Crippen LogP contribution in [0.4, 0.5) is 5.00 Å². The largest absolute Gasteiger partial charge is 0.462 e.